The molecule has 0 saturated carbocycles. The first kappa shape index (κ1) is 18.1. The molecule has 1 fully saturated rings. The maximum atomic E-state index is 11.9. The minimum Gasteiger partial charge on any atom is -0.379 e. The van der Waals surface area contributed by atoms with Crippen molar-refractivity contribution in [3.63, 3.8) is 0 Å². The van der Waals surface area contributed by atoms with Gasteiger partial charge in [0.1, 0.15) is 0 Å². The number of thiophene rings is 1. The van der Waals surface area contributed by atoms with E-state index >= 15 is 0 Å². The number of hydrogen-bond donors (Lipinski definition) is 1. The van der Waals surface area contributed by atoms with Crippen LogP contribution in [0.4, 0.5) is 0 Å². The zero-order chi connectivity index (χ0) is 16.5. The summed E-state index contributed by atoms with van der Waals surface area (Å²) in [4.78, 5) is 25.5. The van der Waals surface area contributed by atoms with Crippen molar-refractivity contribution in [1.82, 2.24) is 5.32 Å². The number of hydrogen-bond acceptors (Lipinski definition) is 5. The van der Waals surface area contributed by atoms with E-state index < -0.39 is 0 Å². The fourth-order valence-corrected chi connectivity index (χ4v) is 3.25. The zero-order valence-electron chi connectivity index (χ0n) is 13.6. The molecule has 1 atom stereocenters. The summed E-state index contributed by atoms with van der Waals surface area (Å²) in [6, 6.07) is 3.75. The van der Waals surface area contributed by atoms with Gasteiger partial charge in [0.15, 0.2) is 5.78 Å². The number of carbonyl (C=O) groups is 2. The van der Waals surface area contributed by atoms with Crippen LogP contribution in [-0.4, -0.2) is 44.2 Å². The van der Waals surface area contributed by atoms with Gasteiger partial charge in [-0.25, -0.2) is 0 Å². The van der Waals surface area contributed by atoms with E-state index in [1.54, 1.807) is 0 Å². The van der Waals surface area contributed by atoms with Gasteiger partial charge in [-0.05, 0) is 38.3 Å². The summed E-state index contributed by atoms with van der Waals surface area (Å²) in [5.74, 6) is -0.0381. The summed E-state index contributed by atoms with van der Waals surface area (Å²) in [5, 5.41) is 2.82. The third-order valence-electron chi connectivity index (χ3n) is 3.71. The lowest BCUT2D eigenvalue weighted by molar-refractivity contribution is -0.121. The molecule has 2 rings (SSSR count). The molecule has 1 aromatic rings. The number of aryl methyl sites for hydroxylation is 1. The van der Waals surface area contributed by atoms with Crippen LogP contribution in [0.15, 0.2) is 12.1 Å². The van der Waals surface area contributed by atoms with Crippen molar-refractivity contribution < 1.29 is 19.1 Å². The SMILES string of the molecule is Cc1ccc(C(=O)CCC(=O)NCCCOCC2CCCO2)s1. The third kappa shape index (κ3) is 6.81. The number of carbonyl (C=O) groups excluding carboxylic acids is 2. The second kappa shape index (κ2) is 9.80. The van der Waals surface area contributed by atoms with Crippen molar-refractivity contribution in [2.45, 2.75) is 45.1 Å². The largest absolute Gasteiger partial charge is 0.379 e. The Morgan fingerprint density at radius 3 is 2.96 bits per heavy atom. The van der Waals surface area contributed by atoms with Crippen LogP contribution in [0.3, 0.4) is 0 Å². The van der Waals surface area contributed by atoms with E-state index in [1.807, 2.05) is 19.1 Å². The molecule has 128 valence electrons. The number of Topliss-reactive ketones (excluding diaryl/α,β-unsaturated/α-hetero) is 1. The first-order valence-electron chi connectivity index (χ1n) is 8.21. The first-order chi connectivity index (χ1) is 11.1. The predicted octanol–water partition coefficient (Wildman–Crippen LogP) is 2.72. The maximum Gasteiger partial charge on any atom is 0.220 e. The van der Waals surface area contributed by atoms with Crippen LogP contribution >= 0.6 is 11.3 Å². The molecule has 2 heterocycles. The maximum absolute atomic E-state index is 11.9. The summed E-state index contributed by atoms with van der Waals surface area (Å²) in [6.45, 7) is 4.65. The van der Waals surface area contributed by atoms with Crippen LogP contribution in [0.5, 0.6) is 0 Å². The smallest absolute Gasteiger partial charge is 0.220 e. The highest BCUT2D eigenvalue weighted by Gasteiger charge is 2.15. The molecular weight excluding hydrogens is 314 g/mol. The monoisotopic (exact) mass is 339 g/mol. The fourth-order valence-electron chi connectivity index (χ4n) is 2.42. The van der Waals surface area contributed by atoms with Gasteiger partial charge in [0, 0.05) is 37.5 Å². The van der Waals surface area contributed by atoms with Gasteiger partial charge in [0.2, 0.25) is 5.91 Å². The van der Waals surface area contributed by atoms with E-state index in [-0.39, 0.29) is 30.6 Å². The van der Waals surface area contributed by atoms with Crippen LogP contribution in [0.2, 0.25) is 0 Å². The van der Waals surface area contributed by atoms with Crippen molar-refractivity contribution in [2.24, 2.45) is 0 Å². The van der Waals surface area contributed by atoms with Crippen molar-refractivity contribution in [2.75, 3.05) is 26.4 Å². The van der Waals surface area contributed by atoms with E-state index in [0.29, 0.717) is 19.8 Å². The van der Waals surface area contributed by atoms with Crippen molar-refractivity contribution >= 4 is 23.0 Å². The molecule has 6 heteroatoms. The molecule has 23 heavy (non-hydrogen) atoms. The molecule has 1 amide bonds. The van der Waals surface area contributed by atoms with E-state index in [4.69, 9.17) is 9.47 Å². The summed E-state index contributed by atoms with van der Waals surface area (Å²) >= 11 is 1.48. The van der Waals surface area contributed by atoms with Gasteiger partial charge in [0.25, 0.3) is 0 Å². The summed E-state index contributed by atoms with van der Waals surface area (Å²) in [6.07, 6.45) is 3.73. The van der Waals surface area contributed by atoms with Gasteiger partial charge in [0.05, 0.1) is 17.6 Å². The van der Waals surface area contributed by atoms with Gasteiger partial charge < -0.3 is 14.8 Å². The molecule has 0 spiro atoms. The molecule has 1 aliphatic rings. The van der Waals surface area contributed by atoms with Crippen LogP contribution < -0.4 is 5.32 Å². The lowest BCUT2D eigenvalue weighted by Crippen LogP contribution is -2.26. The summed E-state index contributed by atoms with van der Waals surface area (Å²) in [7, 11) is 0. The highest BCUT2D eigenvalue weighted by molar-refractivity contribution is 7.14. The molecule has 0 radical (unpaired) electrons. The molecular formula is C17H25NO4S. The second-order valence-corrected chi connectivity index (χ2v) is 7.03. The van der Waals surface area contributed by atoms with Gasteiger partial charge >= 0.3 is 0 Å². The Morgan fingerprint density at radius 2 is 2.26 bits per heavy atom. The molecule has 5 nitrogen and oxygen atoms in total. The second-order valence-electron chi connectivity index (χ2n) is 5.75. The molecule has 1 saturated heterocycles. The standard InChI is InChI=1S/C17H25NO4S/c1-13-5-7-16(23-13)15(19)6-8-17(20)18-9-3-10-21-12-14-4-2-11-22-14/h5,7,14H,2-4,6,8-12H2,1H3,(H,18,20). The zero-order valence-corrected chi connectivity index (χ0v) is 14.5. The van der Waals surface area contributed by atoms with Crippen LogP contribution in [0, 0.1) is 6.92 Å². The average Bonchev–Trinajstić information content (AvgIpc) is 3.20. The summed E-state index contributed by atoms with van der Waals surface area (Å²) < 4.78 is 11.0. The Labute approximate surface area is 141 Å². The normalized spacial score (nSPS) is 17.3. The Hall–Kier alpha value is -1.24. The van der Waals surface area contributed by atoms with E-state index in [9.17, 15) is 9.59 Å². The Kier molecular flexibility index (Phi) is 7.71. The highest BCUT2D eigenvalue weighted by atomic mass is 32.1. The minimum atomic E-state index is -0.0780. The Balaban J connectivity index is 1.47. The number of ether oxygens (including phenoxy) is 2. The van der Waals surface area contributed by atoms with Gasteiger partial charge in [-0.3, -0.25) is 9.59 Å². The Morgan fingerprint density at radius 1 is 1.39 bits per heavy atom. The molecule has 0 aliphatic carbocycles. The predicted molar refractivity (Wildman–Crippen MR) is 90.0 cm³/mol. The van der Waals surface area contributed by atoms with Crippen molar-refractivity contribution in [3.8, 4) is 0 Å². The molecule has 1 unspecified atom stereocenters. The molecule has 1 aromatic heterocycles. The quantitative estimate of drug-likeness (QED) is 0.526. The summed E-state index contributed by atoms with van der Waals surface area (Å²) in [5.41, 5.74) is 0. The van der Waals surface area contributed by atoms with Gasteiger partial charge in [-0.1, -0.05) is 0 Å². The lowest BCUT2D eigenvalue weighted by atomic mass is 10.2. The van der Waals surface area contributed by atoms with Crippen molar-refractivity contribution in [1.29, 1.82) is 0 Å². The minimum absolute atomic E-state index is 0.0400. The van der Waals surface area contributed by atoms with Crippen LogP contribution in [0.25, 0.3) is 0 Å². The Bertz CT molecular complexity index is 508. The van der Waals surface area contributed by atoms with Gasteiger partial charge in [-0.2, -0.15) is 0 Å². The first-order valence-corrected chi connectivity index (χ1v) is 9.02. The highest BCUT2D eigenvalue weighted by Crippen LogP contribution is 2.17. The van der Waals surface area contributed by atoms with Crippen LogP contribution in [0.1, 0.15) is 46.7 Å². The molecule has 1 N–H and O–H groups in total. The number of ketones is 1. The van der Waals surface area contributed by atoms with E-state index in [2.05, 4.69) is 5.32 Å². The molecule has 0 bridgehead atoms. The number of nitrogens with one attached hydrogen (secondary N) is 1. The lowest BCUT2D eigenvalue weighted by Gasteiger charge is -2.10. The molecule has 1 aliphatic heterocycles. The van der Waals surface area contributed by atoms with Gasteiger partial charge in [-0.15, -0.1) is 11.3 Å². The number of rotatable bonds is 10. The fraction of sp³-hybridized carbons (Fsp3) is 0.647. The topological polar surface area (TPSA) is 64.6 Å². The van der Waals surface area contributed by atoms with E-state index in [0.717, 1.165) is 35.6 Å². The average molecular weight is 339 g/mol. The van der Waals surface area contributed by atoms with Crippen LogP contribution in [-0.2, 0) is 14.3 Å². The third-order valence-corrected chi connectivity index (χ3v) is 4.75. The van der Waals surface area contributed by atoms with E-state index in [1.165, 1.54) is 11.3 Å². The number of amides is 1. The molecule has 0 aromatic carbocycles. The van der Waals surface area contributed by atoms with Crippen molar-refractivity contribution in [3.05, 3.63) is 21.9 Å².